The van der Waals surface area contributed by atoms with Crippen molar-refractivity contribution in [1.29, 1.82) is 0 Å². The molecule has 1 aliphatic heterocycles. The summed E-state index contributed by atoms with van der Waals surface area (Å²) in [5.41, 5.74) is 0. The molecule has 0 bridgehead atoms. The Balaban J connectivity index is 1.93. The molecule has 0 aliphatic carbocycles. The smallest absolute Gasteiger partial charge is 0.316 e. The molecule has 0 aromatic rings. The van der Waals surface area contributed by atoms with Gasteiger partial charge in [0.2, 0.25) is 0 Å². The third-order valence-electron chi connectivity index (χ3n) is 3.91. The van der Waals surface area contributed by atoms with Crippen molar-refractivity contribution in [3.05, 3.63) is 0 Å². The van der Waals surface area contributed by atoms with Crippen LogP contribution < -0.4 is 5.32 Å². The number of alkyl halides is 3. The molecule has 0 radical (unpaired) electrons. The van der Waals surface area contributed by atoms with Crippen LogP contribution in [0.5, 0.6) is 0 Å². The fourth-order valence-electron chi connectivity index (χ4n) is 2.81. The van der Waals surface area contributed by atoms with E-state index in [0.717, 1.165) is 19.5 Å². The normalized spacial score (nSPS) is 20.7. The highest BCUT2D eigenvalue weighted by atomic mass is 19.4. The molecule has 1 saturated heterocycles. The minimum Gasteiger partial charge on any atom is -0.316 e. The number of halogens is 3. The zero-order valence-electron chi connectivity index (χ0n) is 12.6. The summed E-state index contributed by atoms with van der Waals surface area (Å²) in [6.45, 7) is 4.50. The maximum absolute atomic E-state index is 12.3. The van der Waals surface area contributed by atoms with Crippen molar-refractivity contribution in [2.45, 2.75) is 58.0 Å². The lowest BCUT2D eigenvalue weighted by molar-refractivity contribution is -0.143. The second kappa shape index (κ2) is 9.61. The molecule has 1 aliphatic rings. The van der Waals surface area contributed by atoms with E-state index in [1.165, 1.54) is 43.4 Å². The Hall–Kier alpha value is -0.290. The number of hydrogen-bond acceptors (Lipinski definition) is 2. The molecule has 1 fully saturated rings. The van der Waals surface area contributed by atoms with E-state index in [9.17, 15) is 13.2 Å². The van der Waals surface area contributed by atoms with Crippen LogP contribution in [0.3, 0.4) is 0 Å². The summed E-state index contributed by atoms with van der Waals surface area (Å²) in [4.78, 5) is 1.52. The van der Waals surface area contributed by atoms with Crippen molar-refractivity contribution in [3.8, 4) is 0 Å². The SMILES string of the molecule is CCCCCCCCNCC1CCN(CC(F)(F)F)C1. The summed E-state index contributed by atoms with van der Waals surface area (Å²) >= 11 is 0. The average Bonchev–Trinajstić information content (AvgIpc) is 2.78. The second-order valence-electron chi connectivity index (χ2n) is 5.98. The van der Waals surface area contributed by atoms with Gasteiger partial charge >= 0.3 is 6.18 Å². The zero-order chi connectivity index (χ0) is 14.8. The first-order valence-corrected chi connectivity index (χ1v) is 8.01. The van der Waals surface area contributed by atoms with Crippen molar-refractivity contribution >= 4 is 0 Å². The quantitative estimate of drug-likeness (QED) is 0.616. The van der Waals surface area contributed by atoms with E-state index in [2.05, 4.69) is 12.2 Å². The molecule has 20 heavy (non-hydrogen) atoms. The Morgan fingerprint density at radius 2 is 1.80 bits per heavy atom. The molecule has 1 rings (SSSR count). The molecule has 5 heteroatoms. The zero-order valence-corrected chi connectivity index (χ0v) is 12.6. The second-order valence-corrected chi connectivity index (χ2v) is 5.98. The van der Waals surface area contributed by atoms with Crippen LogP contribution in [0.15, 0.2) is 0 Å². The van der Waals surface area contributed by atoms with Crippen LogP contribution in [0.1, 0.15) is 51.9 Å². The molecule has 0 saturated carbocycles. The molecule has 0 amide bonds. The van der Waals surface area contributed by atoms with Crippen molar-refractivity contribution in [2.24, 2.45) is 5.92 Å². The summed E-state index contributed by atoms with van der Waals surface area (Å²) in [6.07, 6.45) is 4.50. The molecular formula is C15H29F3N2. The Kier molecular flexibility index (Phi) is 8.53. The van der Waals surface area contributed by atoms with E-state index in [0.29, 0.717) is 19.0 Å². The number of rotatable bonds is 10. The summed E-state index contributed by atoms with van der Waals surface area (Å²) in [5.74, 6) is 0.387. The van der Waals surface area contributed by atoms with Crippen molar-refractivity contribution < 1.29 is 13.2 Å². The van der Waals surface area contributed by atoms with E-state index < -0.39 is 12.7 Å². The fraction of sp³-hybridized carbons (Fsp3) is 1.00. The lowest BCUT2D eigenvalue weighted by atomic mass is 10.1. The first-order valence-electron chi connectivity index (χ1n) is 8.01. The van der Waals surface area contributed by atoms with Crippen LogP contribution in [0.4, 0.5) is 13.2 Å². The van der Waals surface area contributed by atoms with Crippen molar-refractivity contribution in [1.82, 2.24) is 10.2 Å². The number of likely N-dealkylation sites (tertiary alicyclic amines) is 1. The first-order chi connectivity index (χ1) is 9.51. The largest absolute Gasteiger partial charge is 0.401 e. The highest BCUT2D eigenvalue weighted by Gasteiger charge is 2.34. The monoisotopic (exact) mass is 294 g/mol. The van der Waals surface area contributed by atoms with Crippen LogP contribution in [-0.2, 0) is 0 Å². The van der Waals surface area contributed by atoms with Gasteiger partial charge in [0.25, 0.3) is 0 Å². The van der Waals surface area contributed by atoms with Gasteiger partial charge in [-0.15, -0.1) is 0 Å². The minimum absolute atomic E-state index is 0.387. The lowest BCUT2D eigenvalue weighted by Gasteiger charge is -2.18. The Labute approximate surface area is 121 Å². The molecular weight excluding hydrogens is 265 g/mol. The van der Waals surface area contributed by atoms with E-state index in [1.54, 1.807) is 0 Å². The van der Waals surface area contributed by atoms with Gasteiger partial charge in [0.05, 0.1) is 6.54 Å². The van der Waals surface area contributed by atoms with Gasteiger partial charge in [-0.25, -0.2) is 0 Å². The lowest BCUT2D eigenvalue weighted by Crippen LogP contribution is -2.33. The van der Waals surface area contributed by atoms with Crippen molar-refractivity contribution in [3.63, 3.8) is 0 Å². The summed E-state index contributed by atoms with van der Waals surface area (Å²) in [5, 5.41) is 3.39. The molecule has 120 valence electrons. The Morgan fingerprint density at radius 1 is 1.10 bits per heavy atom. The molecule has 1 atom stereocenters. The first kappa shape index (κ1) is 17.8. The maximum atomic E-state index is 12.3. The van der Waals surface area contributed by atoms with Gasteiger partial charge in [0.15, 0.2) is 0 Å². The van der Waals surface area contributed by atoms with Gasteiger partial charge in [-0.3, -0.25) is 4.90 Å². The van der Waals surface area contributed by atoms with E-state index in [1.807, 2.05) is 0 Å². The van der Waals surface area contributed by atoms with Gasteiger partial charge in [-0.2, -0.15) is 13.2 Å². The van der Waals surface area contributed by atoms with Crippen molar-refractivity contribution in [2.75, 3.05) is 32.7 Å². The van der Waals surface area contributed by atoms with Crippen LogP contribution in [0, 0.1) is 5.92 Å². The predicted octanol–water partition coefficient (Wildman–Crippen LogP) is 3.82. The average molecular weight is 294 g/mol. The van der Waals surface area contributed by atoms with Crippen LogP contribution >= 0.6 is 0 Å². The highest BCUT2D eigenvalue weighted by molar-refractivity contribution is 4.78. The predicted molar refractivity (Wildman–Crippen MR) is 76.8 cm³/mol. The minimum atomic E-state index is -4.05. The maximum Gasteiger partial charge on any atom is 0.401 e. The van der Waals surface area contributed by atoms with Gasteiger partial charge in [-0.1, -0.05) is 39.0 Å². The van der Waals surface area contributed by atoms with E-state index in [-0.39, 0.29) is 0 Å². The molecule has 1 heterocycles. The summed E-state index contributed by atoms with van der Waals surface area (Å²) < 4.78 is 36.8. The highest BCUT2D eigenvalue weighted by Crippen LogP contribution is 2.22. The van der Waals surface area contributed by atoms with Crippen LogP contribution in [-0.4, -0.2) is 43.8 Å². The number of hydrogen-bond donors (Lipinski definition) is 1. The fourth-order valence-corrected chi connectivity index (χ4v) is 2.81. The van der Waals surface area contributed by atoms with Gasteiger partial charge in [0, 0.05) is 6.54 Å². The summed E-state index contributed by atoms with van der Waals surface area (Å²) in [7, 11) is 0. The summed E-state index contributed by atoms with van der Waals surface area (Å²) in [6, 6.07) is 0. The Morgan fingerprint density at radius 3 is 2.50 bits per heavy atom. The molecule has 1 N–H and O–H groups in total. The molecule has 2 nitrogen and oxygen atoms in total. The van der Waals surface area contributed by atoms with E-state index >= 15 is 0 Å². The third-order valence-corrected chi connectivity index (χ3v) is 3.91. The van der Waals surface area contributed by atoms with Gasteiger partial charge < -0.3 is 5.32 Å². The molecule has 0 aromatic heterocycles. The van der Waals surface area contributed by atoms with Crippen LogP contribution in [0.25, 0.3) is 0 Å². The molecule has 1 unspecified atom stereocenters. The third kappa shape index (κ3) is 8.80. The van der Waals surface area contributed by atoms with Gasteiger partial charge in [-0.05, 0) is 38.4 Å². The number of nitrogens with one attached hydrogen (secondary N) is 1. The topological polar surface area (TPSA) is 15.3 Å². The van der Waals surface area contributed by atoms with Crippen LogP contribution in [0.2, 0.25) is 0 Å². The number of unbranched alkanes of at least 4 members (excludes halogenated alkanes) is 5. The Bertz CT molecular complexity index is 244. The molecule has 0 aromatic carbocycles. The standard InChI is InChI=1S/C15H29F3N2/c1-2-3-4-5-6-7-9-19-11-14-8-10-20(12-14)13-15(16,17)18/h14,19H,2-13H2,1H3. The number of nitrogens with zero attached hydrogens (tertiary/aromatic N) is 1. The van der Waals surface area contributed by atoms with E-state index in [4.69, 9.17) is 0 Å². The van der Waals surface area contributed by atoms with Gasteiger partial charge in [0.1, 0.15) is 0 Å². The molecule has 0 spiro atoms.